The van der Waals surface area contributed by atoms with Crippen molar-refractivity contribution in [2.45, 2.75) is 24.9 Å². The van der Waals surface area contributed by atoms with Gasteiger partial charge in [0.05, 0.1) is 6.04 Å². The van der Waals surface area contributed by atoms with Gasteiger partial charge in [0.25, 0.3) is 11.8 Å². The van der Waals surface area contributed by atoms with Gasteiger partial charge in [0, 0.05) is 12.7 Å². The van der Waals surface area contributed by atoms with E-state index in [9.17, 15) is 19.6 Å². The van der Waals surface area contributed by atoms with Crippen LogP contribution in [0, 0.1) is 0 Å². The minimum atomic E-state index is -0.704. The first kappa shape index (κ1) is 14.3. The van der Waals surface area contributed by atoms with Crippen molar-refractivity contribution in [3.05, 3.63) is 30.1 Å². The van der Waals surface area contributed by atoms with Gasteiger partial charge in [0.15, 0.2) is 0 Å². The topological polar surface area (TPSA) is 115 Å². The molecule has 9 heteroatoms. The molecule has 0 aliphatic carbocycles. The molecule has 9 nitrogen and oxygen atoms in total. The molecule has 116 valence electrons. The van der Waals surface area contributed by atoms with Gasteiger partial charge >= 0.3 is 6.03 Å². The number of hydrazine groups is 1. The molecule has 0 saturated carbocycles. The molecule has 2 bridgehead atoms. The minimum Gasteiger partial charge on any atom is -0.309 e. The van der Waals surface area contributed by atoms with Crippen LogP contribution < -0.4 is 10.9 Å². The number of carbonyl (C=O) groups is 3. The molecule has 1 unspecified atom stereocenters. The van der Waals surface area contributed by atoms with Gasteiger partial charge in [0.2, 0.25) is 0 Å². The lowest BCUT2D eigenvalue weighted by atomic mass is 10.0. The Morgan fingerprint density at radius 2 is 2.09 bits per heavy atom. The maximum atomic E-state index is 12.1. The van der Waals surface area contributed by atoms with Crippen molar-refractivity contribution >= 4 is 17.8 Å². The Balaban J connectivity index is 1.59. The quantitative estimate of drug-likeness (QED) is 0.503. The second-order valence-electron chi connectivity index (χ2n) is 5.18. The van der Waals surface area contributed by atoms with Crippen molar-refractivity contribution in [1.82, 2.24) is 25.8 Å². The van der Waals surface area contributed by atoms with Crippen LogP contribution in [-0.2, 0) is 4.79 Å². The summed E-state index contributed by atoms with van der Waals surface area (Å²) in [4.78, 5) is 40.9. The van der Waals surface area contributed by atoms with Crippen LogP contribution in [0.25, 0.3) is 0 Å². The smallest absolute Gasteiger partial charge is 0.309 e. The van der Waals surface area contributed by atoms with Gasteiger partial charge in [-0.1, -0.05) is 6.07 Å². The largest absolute Gasteiger partial charge is 0.344 e. The normalized spacial score (nSPS) is 23.4. The van der Waals surface area contributed by atoms with E-state index in [0.29, 0.717) is 24.4 Å². The number of piperidine rings is 1. The van der Waals surface area contributed by atoms with Crippen LogP contribution in [0.2, 0.25) is 0 Å². The number of nitrogens with zero attached hydrogens (tertiary/aromatic N) is 3. The first-order valence-electron chi connectivity index (χ1n) is 6.88. The highest BCUT2D eigenvalue weighted by Gasteiger charge is 2.46. The third-order valence-corrected chi connectivity index (χ3v) is 3.84. The molecule has 2 aliphatic heterocycles. The van der Waals surface area contributed by atoms with E-state index in [1.54, 1.807) is 12.1 Å². The van der Waals surface area contributed by atoms with Crippen LogP contribution in [-0.4, -0.2) is 56.6 Å². The molecule has 2 atom stereocenters. The molecular formula is C13H15N5O4. The van der Waals surface area contributed by atoms with Crippen molar-refractivity contribution in [3.8, 4) is 0 Å². The zero-order chi connectivity index (χ0) is 15.7. The summed E-state index contributed by atoms with van der Waals surface area (Å²) < 4.78 is 0. The highest BCUT2D eigenvalue weighted by molar-refractivity contribution is 5.95. The Labute approximate surface area is 125 Å². The third-order valence-electron chi connectivity index (χ3n) is 3.84. The highest BCUT2D eigenvalue weighted by atomic mass is 16.5. The molecule has 2 aliphatic rings. The van der Waals surface area contributed by atoms with E-state index in [4.69, 9.17) is 0 Å². The average Bonchev–Trinajstić information content (AvgIpc) is 2.78. The van der Waals surface area contributed by atoms with Gasteiger partial charge in [-0.25, -0.2) is 9.86 Å². The molecule has 0 radical (unpaired) electrons. The number of amides is 4. The first-order valence-corrected chi connectivity index (χ1v) is 6.88. The highest BCUT2D eigenvalue weighted by Crippen LogP contribution is 2.28. The van der Waals surface area contributed by atoms with E-state index >= 15 is 0 Å². The Bertz CT molecular complexity index is 608. The van der Waals surface area contributed by atoms with Crippen molar-refractivity contribution in [1.29, 1.82) is 0 Å². The number of carbonyl (C=O) groups excluding carboxylic acids is 3. The molecule has 2 saturated heterocycles. The number of aromatic nitrogens is 1. The van der Waals surface area contributed by atoms with Gasteiger partial charge in [-0.2, -0.15) is 0 Å². The van der Waals surface area contributed by atoms with E-state index < -0.39 is 23.9 Å². The second-order valence-corrected chi connectivity index (χ2v) is 5.18. The van der Waals surface area contributed by atoms with E-state index in [0.717, 1.165) is 0 Å². The Kier molecular flexibility index (Phi) is 3.63. The lowest BCUT2D eigenvalue weighted by Gasteiger charge is -2.29. The number of rotatable bonds is 2. The number of urea groups is 1. The fourth-order valence-electron chi connectivity index (χ4n) is 2.69. The summed E-state index contributed by atoms with van der Waals surface area (Å²) in [6.45, 7) is 0.307. The zero-order valence-electron chi connectivity index (χ0n) is 11.6. The van der Waals surface area contributed by atoms with Gasteiger partial charge in [-0.05, 0) is 25.0 Å². The molecule has 0 spiro atoms. The van der Waals surface area contributed by atoms with Gasteiger partial charge in [-0.3, -0.25) is 30.6 Å². The number of hydroxylamine groups is 2. The minimum absolute atomic E-state index is 0.172. The predicted octanol–water partition coefficient (Wildman–Crippen LogP) is -0.500. The maximum absolute atomic E-state index is 12.1. The number of hydrogen-bond acceptors (Lipinski definition) is 5. The summed E-state index contributed by atoms with van der Waals surface area (Å²) in [5.74, 6) is -1.04. The van der Waals surface area contributed by atoms with Gasteiger partial charge in [-0.15, -0.1) is 0 Å². The predicted molar refractivity (Wildman–Crippen MR) is 72.4 cm³/mol. The molecular weight excluding hydrogens is 290 g/mol. The molecule has 3 rings (SSSR count). The fraction of sp³-hybridized carbons (Fsp3) is 0.385. The third kappa shape index (κ3) is 2.46. The molecule has 2 fully saturated rings. The van der Waals surface area contributed by atoms with Crippen LogP contribution in [0.1, 0.15) is 23.3 Å². The number of hydrogen-bond donors (Lipinski definition) is 3. The number of pyridine rings is 1. The molecule has 1 aromatic heterocycles. The van der Waals surface area contributed by atoms with Crippen LogP contribution in [0.15, 0.2) is 24.4 Å². The Morgan fingerprint density at radius 3 is 2.82 bits per heavy atom. The summed E-state index contributed by atoms with van der Waals surface area (Å²) in [7, 11) is 0. The number of nitrogens with one attached hydrogen (secondary N) is 2. The van der Waals surface area contributed by atoms with Crippen LogP contribution >= 0.6 is 0 Å². The van der Waals surface area contributed by atoms with E-state index in [-0.39, 0.29) is 11.7 Å². The van der Waals surface area contributed by atoms with Crippen molar-refractivity contribution in [3.63, 3.8) is 0 Å². The Hall–Kier alpha value is -2.68. The van der Waals surface area contributed by atoms with Crippen LogP contribution in [0.4, 0.5) is 4.79 Å². The van der Waals surface area contributed by atoms with Crippen LogP contribution in [0.3, 0.4) is 0 Å². The monoisotopic (exact) mass is 305 g/mol. The summed E-state index contributed by atoms with van der Waals surface area (Å²) >= 11 is 0. The summed E-state index contributed by atoms with van der Waals surface area (Å²) in [5.41, 5.74) is 4.73. The first-order chi connectivity index (χ1) is 10.6. The summed E-state index contributed by atoms with van der Waals surface area (Å²) in [6.07, 6.45) is 2.43. The molecule has 1 aromatic rings. The molecule has 0 aromatic carbocycles. The fourth-order valence-corrected chi connectivity index (χ4v) is 2.69. The number of fused-ring (bicyclic) bond motifs is 2. The maximum Gasteiger partial charge on any atom is 0.344 e. The molecule has 3 heterocycles. The standard InChI is InChI=1S/C13H15N5O4/c19-11(9-3-1-2-6-14-9)15-16-12(20)10-5-4-8-7-17(10)13(21)18(8)22/h1-3,6,8,10,22H,4-5,7H2,(H,15,19)(H,16,20)/t8?,10-/m0/s1. The molecule has 3 N–H and O–H groups in total. The lowest BCUT2D eigenvalue weighted by molar-refractivity contribution is -0.126. The van der Waals surface area contributed by atoms with Crippen LogP contribution in [0.5, 0.6) is 0 Å². The second kappa shape index (κ2) is 5.60. The SMILES string of the molecule is O=C(NNC(=O)[C@@H]1CCC2CN1C(=O)N2O)c1ccccn1. The Morgan fingerprint density at radius 1 is 1.27 bits per heavy atom. The molecule has 22 heavy (non-hydrogen) atoms. The summed E-state index contributed by atoms with van der Waals surface area (Å²) in [5, 5.41) is 10.2. The van der Waals surface area contributed by atoms with Crippen molar-refractivity contribution in [2.24, 2.45) is 0 Å². The average molecular weight is 305 g/mol. The molecule has 4 amide bonds. The van der Waals surface area contributed by atoms with E-state index in [1.165, 1.54) is 17.2 Å². The van der Waals surface area contributed by atoms with Crippen molar-refractivity contribution < 1.29 is 19.6 Å². The zero-order valence-corrected chi connectivity index (χ0v) is 11.6. The lowest BCUT2D eigenvalue weighted by Crippen LogP contribution is -2.54. The van der Waals surface area contributed by atoms with Gasteiger partial charge in [0.1, 0.15) is 11.7 Å². The van der Waals surface area contributed by atoms with Gasteiger partial charge < -0.3 is 4.90 Å². The van der Waals surface area contributed by atoms with Crippen molar-refractivity contribution in [2.75, 3.05) is 6.54 Å². The van der Waals surface area contributed by atoms with E-state index in [2.05, 4.69) is 15.8 Å². The summed E-state index contributed by atoms with van der Waals surface area (Å²) in [6, 6.07) is 3.29. The van der Waals surface area contributed by atoms with E-state index in [1.807, 2.05) is 0 Å².